The predicted octanol–water partition coefficient (Wildman–Crippen LogP) is 1.04. The number of hydrogen-bond donors (Lipinski definition) is 1. The summed E-state index contributed by atoms with van der Waals surface area (Å²) in [6.45, 7) is 4.22. The number of aliphatic imine (C=N–C) groups is 1. The lowest BCUT2D eigenvalue weighted by Gasteiger charge is -2.28. The predicted molar refractivity (Wildman–Crippen MR) is 89.4 cm³/mol. The molecule has 4 rings (SSSR count). The number of hydrogen-bond acceptors (Lipinski definition) is 4. The van der Waals surface area contributed by atoms with Crippen LogP contribution in [0.5, 0.6) is 0 Å². The molecule has 128 valence electrons. The number of quaternary nitrogens is 1. The molecule has 1 aromatic heterocycles. The molecule has 3 heterocycles. The van der Waals surface area contributed by atoms with Crippen LogP contribution in [0.3, 0.4) is 0 Å². The van der Waals surface area contributed by atoms with E-state index in [2.05, 4.69) is 29.2 Å². The van der Waals surface area contributed by atoms with Crippen LogP contribution < -0.4 is 4.90 Å². The largest absolute Gasteiger partial charge is 0.271 e. The van der Waals surface area contributed by atoms with Gasteiger partial charge < -0.3 is 0 Å². The number of carbonyl (C=O) groups is 1. The lowest BCUT2D eigenvalue weighted by molar-refractivity contribution is -0.685. The van der Waals surface area contributed by atoms with Gasteiger partial charge in [-0.05, 0) is 18.4 Å². The highest BCUT2D eigenvalue weighted by molar-refractivity contribution is 6.01. The van der Waals surface area contributed by atoms with Crippen molar-refractivity contribution in [2.45, 2.75) is 20.3 Å². The molecule has 1 amide bonds. The van der Waals surface area contributed by atoms with Crippen molar-refractivity contribution in [3.8, 4) is 0 Å². The van der Waals surface area contributed by atoms with Crippen molar-refractivity contribution in [1.29, 1.82) is 0 Å². The third-order valence-corrected chi connectivity index (χ3v) is 4.32. The summed E-state index contributed by atoms with van der Waals surface area (Å²) in [6.07, 6.45) is 4.28. The van der Waals surface area contributed by atoms with E-state index in [1.807, 2.05) is 6.20 Å². The lowest BCUT2D eigenvalue weighted by atomic mass is 10.1. The molecule has 2 aliphatic rings. The summed E-state index contributed by atoms with van der Waals surface area (Å²) < 4.78 is 15.7. The first kappa shape index (κ1) is 15.6. The Morgan fingerprint density at radius 1 is 1.32 bits per heavy atom. The van der Waals surface area contributed by atoms with Gasteiger partial charge in [0.05, 0.1) is 11.9 Å². The molecule has 0 fully saturated rings. The Bertz CT molecular complexity index is 929. The smallest absolute Gasteiger partial charge is 0.268 e. The van der Waals surface area contributed by atoms with Gasteiger partial charge in [0, 0.05) is 13.1 Å². The second kappa shape index (κ2) is 5.59. The molecule has 0 radical (unpaired) electrons. The fourth-order valence-corrected chi connectivity index (χ4v) is 3.21. The maximum absolute atomic E-state index is 14.1. The average Bonchev–Trinajstić information content (AvgIpc) is 3.18. The third kappa shape index (κ3) is 2.37. The molecule has 1 unspecified atom stereocenters. The van der Waals surface area contributed by atoms with Gasteiger partial charge in [0.1, 0.15) is 11.4 Å². The van der Waals surface area contributed by atoms with E-state index < -0.39 is 11.7 Å². The van der Waals surface area contributed by atoms with Crippen molar-refractivity contribution < 1.29 is 14.1 Å². The summed E-state index contributed by atoms with van der Waals surface area (Å²) in [5.41, 5.74) is 1.50. The van der Waals surface area contributed by atoms with E-state index in [1.54, 1.807) is 30.2 Å². The minimum Gasteiger partial charge on any atom is -0.268 e. The van der Waals surface area contributed by atoms with Gasteiger partial charge in [-0.2, -0.15) is 9.67 Å². The molecule has 25 heavy (non-hydrogen) atoms. The van der Waals surface area contributed by atoms with Crippen LogP contribution in [-0.2, 0) is 6.42 Å². The van der Waals surface area contributed by atoms with Crippen molar-refractivity contribution in [1.82, 2.24) is 19.9 Å². The highest BCUT2D eigenvalue weighted by Gasteiger charge is 2.43. The van der Waals surface area contributed by atoms with Crippen LogP contribution in [0.25, 0.3) is 5.82 Å². The normalized spacial score (nSPS) is 19.0. The minimum atomic E-state index is -0.525. The summed E-state index contributed by atoms with van der Waals surface area (Å²) >= 11 is 0. The number of aromatic nitrogens is 3. The summed E-state index contributed by atoms with van der Waals surface area (Å²) in [6, 6.07) is 4.63. The molecule has 8 heteroatoms. The second-order valence-corrected chi connectivity index (χ2v) is 6.62. The van der Waals surface area contributed by atoms with Gasteiger partial charge in [-0.25, -0.2) is 9.29 Å². The second-order valence-electron chi connectivity index (χ2n) is 6.62. The first-order valence-electron chi connectivity index (χ1n) is 8.11. The molecule has 7 nitrogen and oxygen atoms in total. The van der Waals surface area contributed by atoms with E-state index >= 15 is 0 Å². The Labute approximate surface area is 144 Å². The summed E-state index contributed by atoms with van der Waals surface area (Å²) in [5, 5.41) is 8.32. The van der Waals surface area contributed by atoms with Gasteiger partial charge >= 0.3 is 0 Å². The minimum absolute atomic E-state index is 0.0792. The Kier molecular flexibility index (Phi) is 3.50. The van der Waals surface area contributed by atoms with Gasteiger partial charge in [0.15, 0.2) is 5.69 Å². The molecule has 0 spiro atoms. The number of nitrogens with zero attached hydrogens (tertiary/aromatic N) is 5. The van der Waals surface area contributed by atoms with E-state index in [0.717, 1.165) is 12.1 Å². The molecule has 0 saturated heterocycles. The van der Waals surface area contributed by atoms with Gasteiger partial charge in [-0.1, -0.05) is 25.1 Å². The van der Waals surface area contributed by atoms with Crippen molar-refractivity contribution >= 4 is 23.8 Å². The van der Waals surface area contributed by atoms with Crippen molar-refractivity contribution in [3.05, 3.63) is 47.3 Å². The topological polar surface area (TPSA) is 67.8 Å². The highest BCUT2D eigenvalue weighted by Crippen LogP contribution is 2.27. The van der Waals surface area contributed by atoms with E-state index in [4.69, 9.17) is 0 Å². The molecule has 0 bridgehead atoms. The molecule has 0 aliphatic carbocycles. The van der Waals surface area contributed by atoms with Gasteiger partial charge in [0.25, 0.3) is 11.7 Å². The van der Waals surface area contributed by atoms with E-state index in [-0.39, 0.29) is 5.56 Å². The molecular weight excluding hydrogens is 323 g/mol. The number of rotatable bonds is 3. The number of amides is 1. The molecule has 1 N–H and O–H groups in total. The zero-order valence-corrected chi connectivity index (χ0v) is 14.2. The van der Waals surface area contributed by atoms with E-state index in [1.165, 1.54) is 11.0 Å². The molecule has 0 saturated carbocycles. The first-order chi connectivity index (χ1) is 12.0. The molecule has 1 aromatic carbocycles. The number of benzene rings is 1. The molecule has 1 atom stereocenters. The summed E-state index contributed by atoms with van der Waals surface area (Å²) in [5.74, 6) is 0.679. The summed E-state index contributed by atoms with van der Waals surface area (Å²) in [4.78, 5) is 19.2. The molecule has 2 aromatic rings. The maximum atomic E-state index is 14.1. The Morgan fingerprint density at radius 2 is 2.12 bits per heavy atom. The Balaban J connectivity index is 1.82. The number of halogens is 1. The monoisotopic (exact) mass is 341 g/mol. The van der Waals surface area contributed by atoms with Gasteiger partial charge in [0.2, 0.25) is 12.2 Å². The zero-order chi connectivity index (χ0) is 17.7. The lowest BCUT2D eigenvalue weighted by Crippen LogP contribution is -3.06. The van der Waals surface area contributed by atoms with Crippen LogP contribution in [0.2, 0.25) is 0 Å². The number of carbonyl (C=O) groups excluding carboxylic acids is 1. The fraction of sp³-hybridized carbons (Fsp3) is 0.294. The third-order valence-electron chi connectivity index (χ3n) is 4.32. The Morgan fingerprint density at radius 3 is 2.88 bits per heavy atom. The standard InChI is InChI=1S/C17H17FN6O/c1-10(2)7-11-8-24(21-20-11)15-16-22(3)17(25)14-12(18)5-4-6-13(14)23(16)9-19-15/h4-6,8-10H,7H2,1-3H3/p+1. The van der Waals surface area contributed by atoms with Crippen LogP contribution in [0.1, 0.15) is 29.9 Å². The van der Waals surface area contributed by atoms with Crippen LogP contribution >= 0.6 is 0 Å². The van der Waals surface area contributed by atoms with Gasteiger partial charge in [-0.3, -0.25) is 9.69 Å². The molecular formula is C17H18FN6O+. The average molecular weight is 341 g/mol. The number of fused-ring (bicyclic) bond motifs is 3. The van der Waals surface area contributed by atoms with Crippen molar-refractivity contribution in [3.63, 3.8) is 0 Å². The van der Waals surface area contributed by atoms with Crippen LogP contribution in [0.15, 0.2) is 35.2 Å². The van der Waals surface area contributed by atoms with Crippen molar-refractivity contribution in [2.75, 3.05) is 7.05 Å². The van der Waals surface area contributed by atoms with Crippen LogP contribution in [0.4, 0.5) is 10.1 Å². The fourth-order valence-electron chi connectivity index (χ4n) is 3.21. The number of nitrogens with one attached hydrogen (secondary N) is 1. The van der Waals surface area contributed by atoms with E-state index in [0.29, 0.717) is 28.1 Å². The zero-order valence-electron chi connectivity index (χ0n) is 14.2. The maximum Gasteiger partial charge on any atom is 0.271 e. The van der Waals surface area contributed by atoms with E-state index in [9.17, 15) is 9.18 Å². The first-order valence-corrected chi connectivity index (χ1v) is 8.11. The van der Waals surface area contributed by atoms with Gasteiger partial charge in [-0.15, -0.1) is 5.10 Å². The van der Waals surface area contributed by atoms with Crippen molar-refractivity contribution in [2.24, 2.45) is 10.9 Å². The quantitative estimate of drug-likeness (QED) is 0.907. The van der Waals surface area contributed by atoms with Crippen LogP contribution in [0, 0.1) is 11.7 Å². The molecule has 2 aliphatic heterocycles. The summed E-state index contributed by atoms with van der Waals surface area (Å²) in [7, 11) is 1.62. The highest BCUT2D eigenvalue weighted by atomic mass is 19.1. The van der Waals surface area contributed by atoms with Crippen LogP contribution in [-0.4, -0.2) is 39.2 Å². The SMILES string of the molecule is CC(C)Cc1cn(C2=C3N(C)C(=O)c4c(F)cccc4[NH+]3C=N2)nn1. The Hall–Kier alpha value is -2.87.